The predicted molar refractivity (Wildman–Crippen MR) is 86.1 cm³/mol. The molecule has 0 amide bonds. The lowest BCUT2D eigenvalue weighted by atomic mass is 10.1. The van der Waals surface area contributed by atoms with Crippen molar-refractivity contribution >= 4 is 27.4 Å². The highest BCUT2D eigenvalue weighted by Gasteiger charge is 2.36. The van der Waals surface area contributed by atoms with Crippen LogP contribution >= 0.6 is 11.3 Å². The van der Waals surface area contributed by atoms with E-state index in [0.29, 0.717) is 5.92 Å². The van der Waals surface area contributed by atoms with Gasteiger partial charge < -0.3 is 10.1 Å². The summed E-state index contributed by atoms with van der Waals surface area (Å²) in [6, 6.07) is 0. The quantitative estimate of drug-likeness (QED) is 0.914. The Hall–Kier alpha value is -1.20. The van der Waals surface area contributed by atoms with E-state index in [1.54, 1.807) is 0 Å². The summed E-state index contributed by atoms with van der Waals surface area (Å²) in [6.45, 7) is 2.77. The van der Waals surface area contributed by atoms with Crippen LogP contribution in [-0.4, -0.2) is 23.6 Å². The molecule has 2 aromatic heterocycles. The van der Waals surface area contributed by atoms with Crippen molar-refractivity contribution in [1.29, 1.82) is 0 Å². The summed E-state index contributed by atoms with van der Waals surface area (Å²) in [5.74, 6) is 2.47. The number of nitrogens with one attached hydrogen (secondary N) is 1. The van der Waals surface area contributed by atoms with Gasteiger partial charge in [-0.2, -0.15) is 0 Å². The molecule has 1 atom stereocenters. The number of aryl methyl sites for hydroxylation is 2. The molecule has 0 aliphatic heterocycles. The SMILES string of the molecule is CCOC(c1nc(NC)c2c3c(sc2n1)CCC3)C1CC1. The van der Waals surface area contributed by atoms with Crippen molar-refractivity contribution in [3.63, 3.8) is 0 Å². The zero-order valence-corrected chi connectivity index (χ0v) is 13.4. The molecule has 21 heavy (non-hydrogen) atoms. The zero-order valence-electron chi connectivity index (χ0n) is 12.6. The molecule has 0 bridgehead atoms. The van der Waals surface area contributed by atoms with Crippen molar-refractivity contribution in [3.8, 4) is 0 Å². The van der Waals surface area contributed by atoms with Gasteiger partial charge in [0, 0.05) is 18.5 Å². The standard InChI is InChI=1S/C16H21N3OS/c1-3-20-13(9-7-8-9)15-18-14(17-2)12-10-5-4-6-11(10)21-16(12)19-15/h9,13H,3-8H2,1-2H3,(H,17,18,19). The van der Waals surface area contributed by atoms with E-state index in [2.05, 4.69) is 5.32 Å². The van der Waals surface area contributed by atoms with Crippen LogP contribution in [0.1, 0.15) is 48.6 Å². The fourth-order valence-electron chi connectivity index (χ4n) is 3.32. The van der Waals surface area contributed by atoms with E-state index in [4.69, 9.17) is 14.7 Å². The monoisotopic (exact) mass is 303 g/mol. The Morgan fingerprint density at radius 3 is 2.90 bits per heavy atom. The lowest BCUT2D eigenvalue weighted by molar-refractivity contribution is 0.0404. The summed E-state index contributed by atoms with van der Waals surface area (Å²) in [5.41, 5.74) is 1.48. The minimum Gasteiger partial charge on any atom is -0.372 e. The van der Waals surface area contributed by atoms with Gasteiger partial charge in [-0.3, -0.25) is 0 Å². The van der Waals surface area contributed by atoms with Crippen LogP contribution in [0.4, 0.5) is 5.82 Å². The minimum absolute atomic E-state index is 0.0726. The van der Waals surface area contributed by atoms with E-state index in [0.717, 1.165) is 23.1 Å². The van der Waals surface area contributed by atoms with Gasteiger partial charge in [-0.25, -0.2) is 9.97 Å². The molecule has 0 aromatic carbocycles. The highest BCUT2D eigenvalue weighted by atomic mass is 32.1. The summed E-state index contributed by atoms with van der Waals surface area (Å²) in [6.07, 6.45) is 6.19. The van der Waals surface area contributed by atoms with Crippen LogP contribution < -0.4 is 5.32 Å². The van der Waals surface area contributed by atoms with Crippen molar-refractivity contribution in [2.45, 2.75) is 45.1 Å². The third-order valence-electron chi connectivity index (χ3n) is 4.47. The Kier molecular flexibility index (Phi) is 3.34. The van der Waals surface area contributed by atoms with Gasteiger partial charge in [-0.15, -0.1) is 11.3 Å². The molecule has 0 spiro atoms. The first-order valence-electron chi connectivity index (χ1n) is 7.93. The molecule has 4 nitrogen and oxygen atoms in total. The first-order valence-corrected chi connectivity index (χ1v) is 8.75. The maximum atomic E-state index is 5.93. The Labute approximate surface area is 128 Å². The second kappa shape index (κ2) is 5.21. The summed E-state index contributed by atoms with van der Waals surface area (Å²) < 4.78 is 5.93. The number of anilines is 1. The number of ether oxygens (including phenoxy) is 1. The summed E-state index contributed by atoms with van der Waals surface area (Å²) in [5, 5.41) is 4.54. The van der Waals surface area contributed by atoms with Gasteiger partial charge in [0.2, 0.25) is 0 Å². The van der Waals surface area contributed by atoms with Gasteiger partial charge in [-0.05, 0) is 50.5 Å². The van der Waals surface area contributed by atoms with Gasteiger partial charge in [0.1, 0.15) is 16.8 Å². The topological polar surface area (TPSA) is 47.0 Å². The second-order valence-electron chi connectivity index (χ2n) is 5.93. The highest BCUT2D eigenvalue weighted by Crippen LogP contribution is 2.45. The number of nitrogens with zero attached hydrogens (tertiary/aromatic N) is 2. The highest BCUT2D eigenvalue weighted by molar-refractivity contribution is 7.19. The van der Waals surface area contributed by atoms with Crippen molar-refractivity contribution in [2.75, 3.05) is 19.0 Å². The summed E-state index contributed by atoms with van der Waals surface area (Å²) in [4.78, 5) is 12.3. The molecule has 1 fully saturated rings. The lowest BCUT2D eigenvalue weighted by Crippen LogP contribution is -2.12. The number of hydrogen-bond acceptors (Lipinski definition) is 5. The van der Waals surface area contributed by atoms with E-state index in [1.807, 2.05) is 25.3 Å². The Balaban J connectivity index is 1.83. The minimum atomic E-state index is 0.0726. The van der Waals surface area contributed by atoms with Crippen LogP contribution in [0.3, 0.4) is 0 Å². The van der Waals surface area contributed by atoms with Gasteiger partial charge in [0.15, 0.2) is 5.82 Å². The van der Waals surface area contributed by atoms with Crippen LogP contribution in [0.25, 0.3) is 10.2 Å². The van der Waals surface area contributed by atoms with Gasteiger partial charge in [-0.1, -0.05) is 0 Å². The van der Waals surface area contributed by atoms with E-state index in [1.165, 1.54) is 47.9 Å². The Morgan fingerprint density at radius 2 is 2.19 bits per heavy atom. The number of thiophene rings is 1. The molecule has 1 unspecified atom stereocenters. The molecule has 2 aromatic rings. The average molecular weight is 303 g/mol. The van der Waals surface area contributed by atoms with E-state index >= 15 is 0 Å². The molecule has 2 aliphatic carbocycles. The van der Waals surface area contributed by atoms with Gasteiger partial charge >= 0.3 is 0 Å². The third-order valence-corrected chi connectivity index (χ3v) is 5.66. The third kappa shape index (κ3) is 2.23. The summed E-state index contributed by atoms with van der Waals surface area (Å²) >= 11 is 1.85. The smallest absolute Gasteiger partial charge is 0.161 e. The van der Waals surface area contributed by atoms with E-state index in [9.17, 15) is 0 Å². The van der Waals surface area contributed by atoms with Crippen molar-refractivity contribution in [3.05, 3.63) is 16.3 Å². The maximum Gasteiger partial charge on any atom is 0.161 e. The largest absolute Gasteiger partial charge is 0.372 e. The predicted octanol–water partition coefficient (Wildman–Crippen LogP) is 3.71. The number of rotatable bonds is 5. The van der Waals surface area contributed by atoms with Crippen molar-refractivity contribution in [2.24, 2.45) is 5.92 Å². The van der Waals surface area contributed by atoms with Crippen molar-refractivity contribution in [1.82, 2.24) is 9.97 Å². The van der Waals surface area contributed by atoms with Crippen molar-refractivity contribution < 1.29 is 4.74 Å². The van der Waals surface area contributed by atoms with Crippen LogP contribution in [-0.2, 0) is 17.6 Å². The molecule has 1 N–H and O–H groups in total. The molecule has 112 valence electrons. The van der Waals surface area contributed by atoms with Gasteiger partial charge in [0.05, 0.1) is 5.39 Å². The fraction of sp³-hybridized carbons (Fsp3) is 0.625. The number of aromatic nitrogens is 2. The van der Waals surface area contributed by atoms with Crippen LogP contribution in [0.2, 0.25) is 0 Å². The molecule has 0 saturated heterocycles. The molecule has 0 radical (unpaired) electrons. The van der Waals surface area contributed by atoms with Crippen LogP contribution in [0, 0.1) is 5.92 Å². The normalized spacial score (nSPS) is 19.0. The molecule has 2 heterocycles. The van der Waals surface area contributed by atoms with E-state index < -0.39 is 0 Å². The Bertz CT molecular complexity index is 678. The van der Waals surface area contributed by atoms with Gasteiger partial charge in [0.25, 0.3) is 0 Å². The summed E-state index contributed by atoms with van der Waals surface area (Å²) in [7, 11) is 1.96. The average Bonchev–Trinajstić information content (AvgIpc) is 3.12. The number of fused-ring (bicyclic) bond motifs is 3. The Morgan fingerprint density at radius 1 is 1.33 bits per heavy atom. The fourth-order valence-corrected chi connectivity index (χ4v) is 4.59. The lowest BCUT2D eigenvalue weighted by Gasteiger charge is -2.16. The molecular weight excluding hydrogens is 282 g/mol. The molecule has 2 aliphatic rings. The van der Waals surface area contributed by atoms with Crippen LogP contribution in [0.15, 0.2) is 0 Å². The molecule has 5 heteroatoms. The zero-order chi connectivity index (χ0) is 14.4. The maximum absolute atomic E-state index is 5.93. The molecule has 4 rings (SSSR count). The number of hydrogen-bond donors (Lipinski definition) is 1. The van der Waals surface area contributed by atoms with Crippen LogP contribution in [0.5, 0.6) is 0 Å². The first-order chi connectivity index (χ1) is 10.3. The second-order valence-corrected chi connectivity index (χ2v) is 7.01. The first kappa shape index (κ1) is 13.5. The molecular formula is C16H21N3OS. The molecule has 1 saturated carbocycles. The van der Waals surface area contributed by atoms with E-state index in [-0.39, 0.29) is 6.10 Å².